The lowest BCUT2D eigenvalue weighted by Crippen LogP contribution is -2.41. The number of benzene rings is 2. The number of rotatable bonds is 8. The van der Waals surface area contributed by atoms with Crippen LogP contribution in [0.25, 0.3) is 0 Å². The monoisotopic (exact) mass is 376 g/mol. The average molecular weight is 377 g/mol. The van der Waals surface area contributed by atoms with Gasteiger partial charge in [-0.15, -0.1) is 0 Å². The summed E-state index contributed by atoms with van der Waals surface area (Å²) < 4.78 is 11.0. The van der Waals surface area contributed by atoms with E-state index in [1.807, 2.05) is 50.1 Å². The van der Waals surface area contributed by atoms with Crippen molar-refractivity contribution in [3.05, 3.63) is 53.1 Å². The molecule has 0 saturated carbocycles. The van der Waals surface area contributed by atoms with Crippen molar-refractivity contribution in [2.24, 2.45) is 0 Å². The molecular formula is C20H25ClN2O3. The molecule has 0 aliphatic carbocycles. The van der Waals surface area contributed by atoms with Crippen molar-refractivity contribution in [2.75, 3.05) is 32.6 Å². The lowest BCUT2D eigenvalue weighted by Gasteiger charge is -2.24. The van der Waals surface area contributed by atoms with E-state index in [1.165, 1.54) is 5.56 Å². The molecule has 1 N–H and O–H groups in total. The Balaban J connectivity index is 1.86. The first-order valence-corrected chi connectivity index (χ1v) is 8.82. The predicted octanol–water partition coefficient (Wildman–Crippen LogP) is 3.99. The molecule has 0 fully saturated rings. The minimum Gasteiger partial charge on any atom is -0.495 e. The van der Waals surface area contributed by atoms with Crippen LogP contribution in [0.5, 0.6) is 11.5 Å². The third-order valence-electron chi connectivity index (χ3n) is 4.19. The summed E-state index contributed by atoms with van der Waals surface area (Å²) >= 11 is 6.00. The van der Waals surface area contributed by atoms with Crippen molar-refractivity contribution in [2.45, 2.75) is 19.9 Å². The molecule has 0 aliphatic heterocycles. The second-order valence-corrected chi connectivity index (χ2v) is 6.59. The number of hydrogen-bond acceptors (Lipinski definition) is 4. The molecule has 0 unspecified atom stereocenters. The maximum absolute atomic E-state index is 12.5. The maximum atomic E-state index is 12.5. The summed E-state index contributed by atoms with van der Waals surface area (Å²) in [5, 5.41) is 3.40. The zero-order chi connectivity index (χ0) is 19.1. The normalized spacial score (nSPS) is 11.9. The van der Waals surface area contributed by atoms with Crippen LogP contribution < -0.4 is 14.8 Å². The SMILES string of the molecule is COc1ccc(Cl)cc1NC(=O)[C@@H](C)N(C)CCOc1ccc(C)cc1. The molecule has 2 aromatic carbocycles. The molecular weight excluding hydrogens is 352 g/mol. The quantitative estimate of drug-likeness (QED) is 0.756. The van der Waals surface area contributed by atoms with E-state index >= 15 is 0 Å². The number of hydrogen-bond donors (Lipinski definition) is 1. The largest absolute Gasteiger partial charge is 0.495 e. The van der Waals surface area contributed by atoms with Crippen LogP contribution in [0.1, 0.15) is 12.5 Å². The van der Waals surface area contributed by atoms with Crippen molar-refractivity contribution in [1.82, 2.24) is 4.90 Å². The fraction of sp³-hybridized carbons (Fsp3) is 0.350. The fourth-order valence-corrected chi connectivity index (χ4v) is 2.52. The molecule has 0 aromatic heterocycles. The van der Waals surface area contributed by atoms with Gasteiger partial charge < -0.3 is 14.8 Å². The summed E-state index contributed by atoms with van der Waals surface area (Å²) in [4.78, 5) is 14.4. The van der Waals surface area contributed by atoms with Crippen LogP contribution in [0.15, 0.2) is 42.5 Å². The van der Waals surface area contributed by atoms with E-state index in [9.17, 15) is 4.79 Å². The Morgan fingerprint density at radius 2 is 1.92 bits per heavy atom. The highest BCUT2D eigenvalue weighted by Crippen LogP contribution is 2.27. The summed E-state index contributed by atoms with van der Waals surface area (Å²) in [6.07, 6.45) is 0. The molecule has 1 amide bonds. The van der Waals surface area contributed by atoms with Gasteiger partial charge in [0.25, 0.3) is 0 Å². The molecule has 1 atom stereocenters. The maximum Gasteiger partial charge on any atom is 0.241 e. The number of anilines is 1. The molecule has 26 heavy (non-hydrogen) atoms. The number of amides is 1. The second-order valence-electron chi connectivity index (χ2n) is 6.15. The molecule has 0 heterocycles. The predicted molar refractivity (Wildman–Crippen MR) is 105 cm³/mol. The van der Waals surface area contributed by atoms with Crippen LogP contribution >= 0.6 is 11.6 Å². The van der Waals surface area contributed by atoms with Gasteiger partial charge in [-0.1, -0.05) is 29.3 Å². The summed E-state index contributed by atoms with van der Waals surface area (Å²) in [5.41, 5.74) is 1.75. The van der Waals surface area contributed by atoms with E-state index in [0.717, 1.165) is 5.75 Å². The Morgan fingerprint density at radius 1 is 1.23 bits per heavy atom. The molecule has 0 saturated heterocycles. The molecule has 0 radical (unpaired) electrons. The standard InChI is InChI=1S/C20H25ClN2O3/c1-14-5-8-17(9-6-14)26-12-11-23(3)15(2)20(24)22-18-13-16(21)7-10-19(18)25-4/h5-10,13,15H,11-12H2,1-4H3,(H,22,24)/t15-/m1/s1. The van der Waals surface area contributed by atoms with Crippen LogP contribution in [-0.2, 0) is 4.79 Å². The van der Waals surface area contributed by atoms with Crippen molar-refractivity contribution in [1.29, 1.82) is 0 Å². The van der Waals surface area contributed by atoms with E-state index in [1.54, 1.807) is 25.3 Å². The zero-order valence-electron chi connectivity index (χ0n) is 15.6. The Hall–Kier alpha value is -2.24. The third-order valence-corrected chi connectivity index (χ3v) is 4.43. The Morgan fingerprint density at radius 3 is 2.58 bits per heavy atom. The third kappa shape index (κ3) is 5.64. The van der Waals surface area contributed by atoms with Crippen LogP contribution in [-0.4, -0.2) is 44.2 Å². The van der Waals surface area contributed by atoms with E-state index < -0.39 is 0 Å². The fourth-order valence-electron chi connectivity index (χ4n) is 2.35. The molecule has 6 heteroatoms. The van der Waals surface area contributed by atoms with Crippen molar-refractivity contribution in [3.63, 3.8) is 0 Å². The Labute approximate surface area is 159 Å². The van der Waals surface area contributed by atoms with Crippen molar-refractivity contribution >= 4 is 23.2 Å². The van der Waals surface area contributed by atoms with Gasteiger partial charge >= 0.3 is 0 Å². The molecule has 2 rings (SSSR count). The van der Waals surface area contributed by atoms with Crippen molar-refractivity contribution < 1.29 is 14.3 Å². The van der Waals surface area contributed by atoms with Gasteiger partial charge in [-0.05, 0) is 51.2 Å². The van der Waals surface area contributed by atoms with Gasteiger partial charge in [0.15, 0.2) is 0 Å². The zero-order valence-corrected chi connectivity index (χ0v) is 16.3. The number of likely N-dealkylation sites (N-methyl/N-ethyl adjacent to an activating group) is 1. The molecule has 0 aliphatic rings. The number of nitrogens with zero attached hydrogens (tertiary/aromatic N) is 1. The van der Waals surface area contributed by atoms with Gasteiger partial charge in [-0.25, -0.2) is 0 Å². The first-order chi connectivity index (χ1) is 12.4. The van der Waals surface area contributed by atoms with Crippen molar-refractivity contribution in [3.8, 4) is 11.5 Å². The molecule has 5 nitrogen and oxygen atoms in total. The highest BCUT2D eigenvalue weighted by molar-refractivity contribution is 6.31. The van der Waals surface area contributed by atoms with Crippen LogP contribution in [0.3, 0.4) is 0 Å². The Bertz CT molecular complexity index is 734. The highest BCUT2D eigenvalue weighted by atomic mass is 35.5. The summed E-state index contributed by atoms with van der Waals surface area (Å²) in [6, 6.07) is 12.7. The number of ether oxygens (including phenoxy) is 2. The molecule has 2 aromatic rings. The summed E-state index contributed by atoms with van der Waals surface area (Å²) in [7, 11) is 3.44. The number of halogens is 1. The first kappa shape index (κ1) is 20.1. The van der Waals surface area contributed by atoms with E-state index in [-0.39, 0.29) is 11.9 Å². The Kier molecular flexibility index (Phi) is 7.30. The number of methoxy groups -OCH3 is 1. The second kappa shape index (κ2) is 9.46. The number of nitrogens with one attached hydrogen (secondary N) is 1. The van der Waals surface area contributed by atoms with E-state index in [4.69, 9.17) is 21.1 Å². The smallest absolute Gasteiger partial charge is 0.241 e. The molecule has 0 bridgehead atoms. The van der Waals surface area contributed by atoms with Gasteiger partial charge in [0.1, 0.15) is 18.1 Å². The summed E-state index contributed by atoms with van der Waals surface area (Å²) in [5.74, 6) is 1.26. The topological polar surface area (TPSA) is 50.8 Å². The minimum atomic E-state index is -0.333. The molecule has 0 spiro atoms. The molecule has 140 valence electrons. The first-order valence-electron chi connectivity index (χ1n) is 8.45. The lowest BCUT2D eigenvalue weighted by atomic mass is 10.2. The van der Waals surface area contributed by atoms with Crippen LogP contribution in [0.4, 0.5) is 5.69 Å². The van der Waals surface area contributed by atoms with E-state index in [2.05, 4.69) is 5.32 Å². The number of carbonyl (C=O) groups is 1. The van der Waals surface area contributed by atoms with Gasteiger partial charge in [-0.3, -0.25) is 9.69 Å². The van der Waals surface area contributed by atoms with Crippen LogP contribution in [0, 0.1) is 6.92 Å². The number of carbonyl (C=O) groups excluding carboxylic acids is 1. The van der Waals surface area contributed by atoms with Gasteiger partial charge in [0, 0.05) is 11.6 Å². The highest BCUT2D eigenvalue weighted by Gasteiger charge is 2.19. The minimum absolute atomic E-state index is 0.136. The summed E-state index contributed by atoms with van der Waals surface area (Å²) in [6.45, 7) is 5.00. The van der Waals surface area contributed by atoms with Crippen LogP contribution in [0.2, 0.25) is 5.02 Å². The number of aryl methyl sites for hydroxylation is 1. The van der Waals surface area contributed by atoms with Gasteiger partial charge in [0.05, 0.1) is 18.8 Å². The van der Waals surface area contributed by atoms with Gasteiger partial charge in [0.2, 0.25) is 5.91 Å². The van der Waals surface area contributed by atoms with E-state index in [0.29, 0.717) is 29.6 Å². The lowest BCUT2D eigenvalue weighted by molar-refractivity contribution is -0.120. The van der Waals surface area contributed by atoms with Gasteiger partial charge in [-0.2, -0.15) is 0 Å². The average Bonchev–Trinajstić information content (AvgIpc) is 2.62.